The highest BCUT2D eigenvalue weighted by atomic mass is 16.5. The van der Waals surface area contributed by atoms with Crippen molar-refractivity contribution in [2.75, 3.05) is 0 Å². The first kappa shape index (κ1) is 25.2. The van der Waals surface area contributed by atoms with Crippen molar-refractivity contribution in [1.29, 1.82) is 0 Å². The van der Waals surface area contributed by atoms with E-state index in [9.17, 15) is 0 Å². The predicted octanol–water partition coefficient (Wildman–Crippen LogP) is 11.0. The summed E-state index contributed by atoms with van der Waals surface area (Å²) in [5.41, 5.74) is 7.33. The van der Waals surface area contributed by atoms with Crippen LogP contribution < -0.4 is 9.47 Å². The molecule has 0 radical (unpaired) electrons. The van der Waals surface area contributed by atoms with E-state index in [1.54, 1.807) is 0 Å². The summed E-state index contributed by atoms with van der Waals surface area (Å²) >= 11 is 0. The van der Waals surface area contributed by atoms with Gasteiger partial charge in [0.05, 0.1) is 11.3 Å². The SMILES string of the molecule is c1ccc(Oc2ccc3c(c2Oc2ccccc2)-c2ccccc2C(c2ccccc2)=C(c2ccccc2)N=N3)cc1. The Morgan fingerprint density at radius 3 is 1.57 bits per heavy atom. The third-order valence-electron chi connectivity index (χ3n) is 7.10. The van der Waals surface area contributed by atoms with Crippen LogP contribution >= 0.6 is 0 Å². The Morgan fingerprint density at radius 2 is 0.929 bits per heavy atom. The highest BCUT2D eigenvalue weighted by Crippen LogP contribution is 2.52. The molecule has 0 unspecified atom stereocenters. The number of fused-ring (bicyclic) bond motifs is 3. The number of rotatable bonds is 6. The van der Waals surface area contributed by atoms with Gasteiger partial charge in [-0.25, -0.2) is 0 Å². The van der Waals surface area contributed by atoms with E-state index in [-0.39, 0.29) is 0 Å². The molecule has 6 aromatic carbocycles. The molecule has 7 rings (SSSR count). The van der Waals surface area contributed by atoms with E-state index in [1.807, 2.05) is 115 Å². The van der Waals surface area contributed by atoms with Crippen molar-refractivity contribution in [3.05, 3.63) is 174 Å². The van der Waals surface area contributed by atoms with Gasteiger partial charge in [-0.3, -0.25) is 0 Å². The number of azo groups is 1. The molecule has 0 aliphatic carbocycles. The van der Waals surface area contributed by atoms with Gasteiger partial charge in [0.1, 0.15) is 17.2 Å². The van der Waals surface area contributed by atoms with Gasteiger partial charge in [0, 0.05) is 11.1 Å². The average Bonchev–Trinajstić information content (AvgIpc) is 3.05. The van der Waals surface area contributed by atoms with E-state index >= 15 is 0 Å². The maximum Gasteiger partial charge on any atom is 0.180 e. The Morgan fingerprint density at radius 1 is 0.405 bits per heavy atom. The Balaban J connectivity index is 1.52. The van der Waals surface area contributed by atoms with Crippen LogP contribution in [0.2, 0.25) is 0 Å². The summed E-state index contributed by atoms with van der Waals surface area (Å²) in [4.78, 5) is 0. The standard InChI is InChI=1S/C38H26N2O2/c1-5-15-27(16-6-1)35-31-23-13-14-24-32(31)36-33(39-40-37(35)28-17-7-2-8-18-28)25-26-34(41-29-19-9-3-10-20-29)38(36)42-30-21-11-4-12-22-30/h1-26H. The van der Waals surface area contributed by atoms with Crippen LogP contribution in [0.15, 0.2) is 168 Å². The second-order valence-corrected chi connectivity index (χ2v) is 9.82. The molecule has 0 N–H and O–H groups in total. The fraction of sp³-hybridized carbons (Fsp3) is 0. The van der Waals surface area contributed by atoms with E-state index in [4.69, 9.17) is 19.7 Å². The molecule has 4 nitrogen and oxygen atoms in total. The quantitative estimate of drug-likeness (QED) is 0.210. The van der Waals surface area contributed by atoms with Gasteiger partial charge in [0.15, 0.2) is 11.5 Å². The number of para-hydroxylation sites is 2. The topological polar surface area (TPSA) is 43.2 Å². The van der Waals surface area contributed by atoms with Crippen LogP contribution in [0.4, 0.5) is 5.69 Å². The van der Waals surface area contributed by atoms with E-state index in [1.165, 1.54) is 0 Å². The Bertz CT molecular complexity index is 1900. The maximum atomic E-state index is 6.64. The maximum absolute atomic E-state index is 6.64. The van der Waals surface area contributed by atoms with Crippen molar-refractivity contribution in [2.45, 2.75) is 0 Å². The molecule has 0 atom stereocenters. The van der Waals surface area contributed by atoms with Gasteiger partial charge < -0.3 is 9.47 Å². The summed E-state index contributed by atoms with van der Waals surface area (Å²) in [6.07, 6.45) is 0. The zero-order valence-electron chi connectivity index (χ0n) is 22.7. The molecular weight excluding hydrogens is 516 g/mol. The molecule has 6 aromatic rings. The van der Waals surface area contributed by atoms with Crippen molar-refractivity contribution in [2.24, 2.45) is 10.2 Å². The van der Waals surface area contributed by atoms with Crippen molar-refractivity contribution >= 4 is 17.0 Å². The Hall–Kier alpha value is -5.74. The van der Waals surface area contributed by atoms with Gasteiger partial charge in [0.25, 0.3) is 0 Å². The molecule has 1 aliphatic heterocycles. The summed E-state index contributed by atoms with van der Waals surface area (Å²) < 4.78 is 13.1. The number of benzene rings is 6. The van der Waals surface area contributed by atoms with Gasteiger partial charge in [-0.2, -0.15) is 0 Å². The highest BCUT2D eigenvalue weighted by Gasteiger charge is 2.26. The Labute approximate surface area is 244 Å². The molecule has 200 valence electrons. The Kier molecular flexibility index (Phi) is 6.85. The second kappa shape index (κ2) is 11.4. The zero-order valence-corrected chi connectivity index (χ0v) is 22.7. The molecule has 0 spiro atoms. The van der Waals surface area contributed by atoms with Crippen molar-refractivity contribution in [3.63, 3.8) is 0 Å². The van der Waals surface area contributed by atoms with Gasteiger partial charge in [-0.05, 0) is 53.1 Å². The largest absolute Gasteiger partial charge is 0.453 e. The lowest BCUT2D eigenvalue weighted by Gasteiger charge is -2.23. The third-order valence-corrected chi connectivity index (χ3v) is 7.10. The van der Waals surface area contributed by atoms with Crippen LogP contribution in [0.5, 0.6) is 23.0 Å². The van der Waals surface area contributed by atoms with Gasteiger partial charge in [-0.15, -0.1) is 10.2 Å². The number of nitrogens with zero attached hydrogens (tertiary/aromatic N) is 2. The zero-order chi connectivity index (χ0) is 28.1. The molecule has 0 saturated heterocycles. The predicted molar refractivity (Wildman–Crippen MR) is 168 cm³/mol. The van der Waals surface area contributed by atoms with E-state index in [0.717, 1.165) is 39.1 Å². The number of ether oxygens (including phenoxy) is 2. The normalized spacial score (nSPS) is 12.1. The van der Waals surface area contributed by atoms with Crippen LogP contribution in [-0.2, 0) is 0 Å². The van der Waals surface area contributed by atoms with E-state index in [0.29, 0.717) is 28.7 Å². The van der Waals surface area contributed by atoms with Crippen molar-refractivity contribution < 1.29 is 9.47 Å². The smallest absolute Gasteiger partial charge is 0.180 e. The molecule has 0 saturated carbocycles. The lowest BCUT2D eigenvalue weighted by atomic mass is 9.86. The molecule has 0 aromatic heterocycles. The minimum absolute atomic E-state index is 0.574. The molecular formula is C38H26N2O2. The van der Waals surface area contributed by atoms with Crippen LogP contribution in [0.1, 0.15) is 16.7 Å². The highest BCUT2D eigenvalue weighted by molar-refractivity contribution is 6.04. The number of hydrogen-bond acceptors (Lipinski definition) is 4. The van der Waals surface area contributed by atoms with Crippen LogP contribution in [0.25, 0.3) is 22.4 Å². The molecule has 4 heteroatoms. The molecule has 42 heavy (non-hydrogen) atoms. The van der Waals surface area contributed by atoms with Crippen LogP contribution in [0, 0.1) is 0 Å². The average molecular weight is 543 g/mol. The molecule has 1 aliphatic rings. The minimum atomic E-state index is 0.574. The first-order valence-corrected chi connectivity index (χ1v) is 13.8. The van der Waals surface area contributed by atoms with Gasteiger partial charge in [0.2, 0.25) is 0 Å². The fourth-order valence-corrected chi connectivity index (χ4v) is 5.20. The van der Waals surface area contributed by atoms with E-state index < -0.39 is 0 Å². The summed E-state index contributed by atoms with van der Waals surface area (Å²) in [7, 11) is 0. The van der Waals surface area contributed by atoms with Gasteiger partial charge >= 0.3 is 0 Å². The van der Waals surface area contributed by atoms with Crippen LogP contribution in [-0.4, -0.2) is 0 Å². The third kappa shape index (κ3) is 4.98. The summed E-state index contributed by atoms with van der Waals surface area (Å²) in [6.45, 7) is 0. The fourth-order valence-electron chi connectivity index (χ4n) is 5.20. The van der Waals surface area contributed by atoms with E-state index in [2.05, 4.69) is 42.5 Å². The van der Waals surface area contributed by atoms with Crippen molar-refractivity contribution in [1.82, 2.24) is 0 Å². The lowest BCUT2D eigenvalue weighted by Crippen LogP contribution is -2.00. The van der Waals surface area contributed by atoms with Crippen LogP contribution in [0.3, 0.4) is 0 Å². The summed E-state index contributed by atoms with van der Waals surface area (Å²) in [5.74, 6) is 2.57. The first-order valence-electron chi connectivity index (χ1n) is 13.8. The lowest BCUT2D eigenvalue weighted by molar-refractivity contribution is 0.420. The molecule has 1 heterocycles. The number of hydrogen-bond donors (Lipinski definition) is 0. The van der Waals surface area contributed by atoms with Gasteiger partial charge in [-0.1, -0.05) is 121 Å². The molecule has 0 amide bonds. The van der Waals surface area contributed by atoms with Crippen molar-refractivity contribution in [3.8, 4) is 34.1 Å². The summed E-state index contributed by atoms with van der Waals surface area (Å²) in [5, 5.41) is 9.78. The second-order valence-electron chi connectivity index (χ2n) is 9.82. The monoisotopic (exact) mass is 542 g/mol. The first-order chi connectivity index (χ1) is 20.8. The molecule has 0 bridgehead atoms. The summed E-state index contributed by atoms with van der Waals surface area (Å²) in [6, 6.07) is 52.2. The minimum Gasteiger partial charge on any atom is -0.453 e. The molecule has 0 fully saturated rings.